The van der Waals surface area contributed by atoms with Crippen LogP contribution in [0.2, 0.25) is 0 Å². The monoisotopic (exact) mass is 500 g/mol. The third-order valence-electron chi connectivity index (χ3n) is 7.29. The van der Waals surface area contributed by atoms with Crippen molar-refractivity contribution in [1.29, 1.82) is 0 Å². The number of aromatic nitrogens is 2. The predicted molar refractivity (Wildman–Crippen MR) is 137 cm³/mol. The van der Waals surface area contributed by atoms with Crippen LogP contribution in [0.4, 0.5) is 14.6 Å². The van der Waals surface area contributed by atoms with Crippen molar-refractivity contribution in [2.75, 3.05) is 44.2 Å². The molecule has 0 saturated carbocycles. The first kappa shape index (κ1) is 26.4. The summed E-state index contributed by atoms with van der Waals surface area (Å²) in [5.74, 6) is -1.98. The minimum Gasteiger partial charge on any atom is -0.355 e. The number of pyridine rings is 2. The molecule has 1 amide bonds. The number of nitrogens with one attached hydrogen (secondary N) is 1. The predicted octanol–water partition coefficient (Wildman–Crippen LogP) is 3.82. The maximum atomic E-state index is 13.4. The van der Waals surface area contributed by atoms with Gasteiger partial charge < -0.3 is 15.1 Å². The van der Waals surface area contributed by atoms with E-state index in [1.807, 2.05) is 31.2 Å². The Kier molecular flexibility index (Phi) is 8.85. The molecule has 1 N–H and O–H groups in total. The van der Waals surface area contributed by atoms with Crippen molar-refractivity contribution in [1.82, 2.24) is 25.1 Å². The highest BCUT2D eigenvalue weighted by Crippen LogP contribution is 2.26. The smallest absolute Gasteiger partial charge is 0.270 e. The molecule has 2 aromatic heterocycles. The summed E-state index contributed by atoms with van der Waals surface area (Å²) in [6, 6.07) is 9.78. The van der Waals surface area contributed by atoms with E-state index >= 15 is 0 Å². The molecule has 2 saturated heterocycles. The van der Waals surface area contributed by atoms with Crippen molar-refractivity contribution in [3.8, 4) is 0 Å². The molecular weight excluding hydrogens is 462 g/mol. The second-order valence-electron chi connectivity index (χ2n) is 10.2. The van der Waals surface area contributed by atoms with E-state index in [0.717, 1.165) is 76.8 Å². The third kappa shape index (κ3) is 7.43. The number of amides is 1. The van der Waals surface area contributed by atoms with Crippen LogP contribution in [-0.4, -0.2) is 82.9 Å². The summed E-state index contributed by atoms with van der Waals surface area (Å²) in [7, 11) is 0. The first-order valence-electron chi connectivity index (χ1n) is 13.0. The van der Waals surface area contributed by atoms with Crippen LogP contribution in [0.5, 0.6) is 0 Å². The number of alkyl halides is 2. The molecule has 1 atom stereocenters. The highest BCUT2D eigenvalue weighted by molar-refractivity contribution is 5.92. The van der Waals surface area contributed by atoms with Crippen molar-refractivity contribution in [3.05, 3.63) is 54.0 Å². The molecule has 4 heterocycles. The van der Waals surface area contributed by atoms with Gasteiger partial charge in [-0.25, -0.2) is 13.8 Å². The molecule has 196 valence electrons. The topological polar surface area (TPSA) is 64.6 Å². The van der Waals surface area contributed by atoms with Crippen LogP contribution in [0.1, 0.15) is 55.6 Å². The zero-order valence-electron chi connectivity index (χ0n) is 21.4. The van der Waals surface area contributed by atoms with E-state index in [9.17, 15) is 13.6 Å². The Hall–Kier alpha value is -2.65. The Labute approximate surface area is 212 Å². The van der Waals surface area contributed by atoms with Crippen LogP contribution in [0.15, 0.2) is 42.7 Å². The van der Waals surface area contributed by atoms with E-state index in [-0.39, 0.29) is 18.4 Å². The standard InChI is InChI=1S/C27H38F2N6O/c1-21(18-27(2,28)29)33-14-9-23(10-15-33)34-12-5-13-35(17-16-34)25-8-3-7-24(32-25)26(36)31-20-22-6-4-11-30-19-22/h3-4,6-8,11,19,21,23H,5,9-10,12-18,20H2,1-2H3,(H,31,36). The van der Waals surface area contributed by atoms with Gasteiger partial charge in [-0.2, -0.15) is 0 Å². The number of anilines is 1. The number of likely N-dealkylation sites (tertiary alicyclic amines) is 1. The zero-order chi connectivity index (χ0) is 25.5. The van der Waals surface area contributed by atoms with Gasteiger partial charge in [0.15, 0.2) is 0 Å². The fraction of sp³-hybridized carbons (Fsp3) is 0.593. The van der Waals surface area contributed by atoms with Gasteiger partial charge in [0.2, 0.25) is 5.92 Å². The average molecular weight is 501 g/mol. The Morgan fingerprint density at radius 2 is 1.92 bits per heavy atom. The molecule has 1 unspecified atom stereocenters. The maximum Gasteiger partial charge on any atom is 0.270 e. The van der Waals surface area contributed by atoms with Gasteiger partial charge in [0.05, 0.1) is 0 Å². The molecule has 7 nitrogen and oxygen atoms in total. The second kappa shape index (κ2) is 12.1. The third-order valence-corrected chi connectivity index (χ3v) is 7.29. The first-order valence-corrected chi connectivity index (χ1v) is 13.0. The van der Waals surface area contributed by atoms with Gasteiger partial charge in [-0.1, -0.05) is 12.1 Å². The number of hydrogen-bond donors (Lipinski definition) is 1. The maximum absolute atomic E-state index is 13.4. The Bertz CT molecular complexity index is 978. The van der Waals surface area contributed by atoms with Crippen LogP contribution in [-0.2, 0) is 6.54 Å². The number of nitrogens with zero attached hydrogens (tertiary/aromatic N) is 5. The quantitative estimate of drug-likeness (QED) is 0.595. The summed E-state index contributed by atoms with van der Waals surface area (Å²) in [6.45, 7) is 8.80. The molecule has 2 fully saturated rings. The van der Waals surface area contributed by atoms with Gasteiger partial charge in [0, 0.05) is 63.6 Å². The SMILES string of the molecule is CC(CC(C)(F)F)N1CCC(N2CCCN(c3cccc(C(=O)NCc4cccnc4)n3)CC2)CC1. The first-order chi connectivity index (χ1) is 17.3. The largest absolute Gasteiger partial charge is 0.355 e. The van der Waals surface area contributed by atoms with Gasteiger partial charge in [-0.3, -0.25) is 14.7 Å². The zero-order valence-corrected chi connectivity index (χ0v) is 21.4. The second-order valence-corrected chi connectivity index (χ2v) is 10.2. The fourth-order valence-electron chi connectivity index (χ4n) is 5.37. The lowest BCUT2D eigenvalue weighted by Crippen LogP contribution is -2.49. The summed E-state index contributed by atoms with van der Waals surface area (Å²) < 4.78 is 26.9. The van der Waals surface area contributed by atoms with Crippen LogP contribution < -0.4 is 10.2 Å². The molecule has 4 rings (SSSR count). The summed E-state index contributed by atoms with van der Waals surface area (Å²) in [5, 5.41) is 2.92. The van der Waals surface area contributed by atoms with Crippen LogP contribution in [0.3, 0.4) is 0 Å². The summed E-state index contributed by atoms with van der Waals surface area (Å²) in [4.78, 5) is 28.4. The highest BCUT2D eigenvalue weighted by atomic mass is 19.3. The molecule has 2 aromatic rings. The number of piperidine rings is 1. The molecule has 36 heavy (non-hydrogen) atoms. The van der Waals surface area contributed by atoms with Crippen molar-refractivity contribution >= 4 is 11.7 Å². The van der Waals surface area contributed by atoms with Gasteiger partial charge >= 0.3 is 0 Å². The summed E-state index contributed by atoms with van der Waals surface area (Å²) in [6.07, 6.45) is 6.43. The number of rotatable bonds is 8. The van der Waals surface area contributed by atoms with E-state index in [2.05, 4.69) is 30.0 Å². The fourth-order valence-corrected chi connectivity index (χ4v) is 5.37. The molecular formula is C27H38F2N6O. The number of hydrogen-bond acceptors (Lipinski definition) is 6. The lowest BCUT2D eigenvalue weighted by atomic mass is 9.99. The molecule has 0 spiro atoms. The molecule has 0 aromatic carbocycles. The van der Waals surface area contributed by atoms with Crippen LogP contribution in [0, 0.1) is 0 Å². The van der Waals surface area contributed by atoms with E-state index < -0.39 is 5.92 Å². The number of carbonyl (C=O) groups excluding carboxylic acids is 1. The Balaban J connectivity index is 1.28. The van der Waals surface area contributed by atoms with Gasteiger partial charge in [0.25, 0.3) is 5.91 Å². The van der Waals surface area contributed by atoms with E-state index in [1.165, 1.54) is 0 Å². The van der Waals surface area contributed by atoms with Crippen molar-refractivity contribution in [2.24, 2.45) is 0 Å². The molecule has 0 bridgehead atoms. The number of halogens is 2. The van der Waals surface area contributed by atoms with Crippen molar-refractivity contribution in [3.63, 3.8) is 0 Å². The van der Waals surface area contributed by atoms with Crippen LogP contribution in [0.25, 0.3) is 0 Å². The van der Waals surface area contributed by atoms with E-state index in [1.54, 1.807) is 18.5 Å². The van der Waals surface area contributed by atoms with Gasteiger partial charge in [-0.15, -0.1) is 0 Å². The lowest BCUT2D eigenvalue weighted by Gasteiger charge is -2.41. The Morgan fingerprint density at radius 1 is 1.11 bits per heavy atom. The summed E-state index contributed by atoms with van der Waals surface area (Å²) in [5.41, 5.74) is 1.36. The van der Waals surface area contributed by atoms with Crippen molar-refractivity contribution in [2.45, 2.75) is 64.1 Å². The van der Waals surface area contributed by atoms with E-state index in [0.29, 0.717) is 18.3 Å². The molecule has 0 aliphatic carbocycles. The average Bonchev–Trinajstić information content (AvgIpc) is 3.13. The van der Waals surface area contributed by atoms with Crippen molar-refractivity contribution < 1.29 is 13.6 Å². The number of carbonyl (C=O) groups is 1. The van der Waals surface area contributed by atoms with Gasteiger partial charge in [-0.05, 0) is 70.0 Å². The Morgan fingerprint density at radius 3 is 2.64 bits per heavy atom. The van der Waals surface area contributed by atoms with E-state index in [4.69, 9.17) is 0 Å². The molecule has 9 heteroatoms. The minimum atomic E-state index is -2.62. The van der Waals surface area contributed by atoms with Gasteiger partial charge in [0.1, 0.15) is 11.5 Å². The van der Waals surface area contributed by atoms with Crippen LogP contribution >= 0.6 is 0 Å². The normalized spacial score (nSPS) is 19.6. The minimum absolute atomic E-state index is 0.0795. The lowest BCUT2D eigenvalue weighted by molar-refractivity contribution is -0.0194. The molecule has 0 radical (unpaired) electrons. The highest BCUT2D eigenvalue weighted by Gasteiger charge is 2.32. The molecule has 2 aliphatic heterocycles. The molecule has 2 aliphatic rings. The summed E-state index contributed by atoms with van der Waals surface area (Å²) >= 11 is 0.